The Kier molecular flexibility index (Phi) is 4.68. The highest BCUT2D eigenvalue weighted by molar-refractivity contribution is 7.16. The molecule has 0 bridgehead atoms. The minimum atomic E-state index is 0.356. The van der Waals surface area contributed by atoms with Crippen LogP contribution in [0.3, 0.4) is 0 Å². The van der Waals surface area contributed by atoms with Gasteiger partial charge in [0, 0.05) is 6.61 Å². The van der Waals surface area contributed by atoms with E-state index in [4.69, 9.17) is 15.3 Å². The summed E-state index contributed by atoms with van der Waals surface area (Å²) in [6.07, 6.45) is 1.00. The zero-order chi connectivity index (χ0) is 12.8. The molecule has 0 spiro atoms. The second-order valence-electron chi connectivity index (χ2n) is 3.60. The number of ether oxygens (including phenoxy) is 2. The number of thiophene rings is 1. The summed E-state index contributed by atoms with van der Waals surface area (Å²) in [5.41, 5.74) is 2.43. The van der Waals surface area contributed by atoms with E-state index in [1.165, 1.54) is 11.3 Å². The SMILES string of the molecule is CCCOCCOc1nc(NN)nc2sccc12. The van der Waals surface area contributed by atoms with Crippen molar-refractivity contribution in [1.82, 2.24) is 9.97 Å². The van der Waals surface area contributed by atoms with Gasteiger partial charge in [0.1, 0.15) is 11.4 Å². The molecular weight excluding hydrogens is 252 g/mol. The lowest BCUT2D eigenvalue weighted by atomic mass is 10.4. The highest BCUT2D eigenvalue weighted by atomic mass is 32.1. The van der Waals surface area contributed by atoms with E-state index in [1.54, 1.807) is 0 Å². The molecule has 3 N–H and O–H groups in total. The predicted octanol–water partition coefficient (Wildman–Crippen LogP) is 1.78. The number of rotatable bonds is 7. The average molecular weight is 268 g/mol. The highest BCUT2D eigenvalue weighted by Crippen LogP contribution is 2.27. The van der Waals surface area contributed by atoms with Gasteiger partial charge in [-0.3, -0.25) is 5.43 Å². The molecule has 0 saturated carbocycles. The molecule has 0 unspecified atom stereocenters. The summed E-state index contributed by atoms with van der Waals surface area (Å²) in [5.74, 6) is 6.21. The van der Waals surface area contributed by atoms with Gasteiger partial charge < -0.3 is 9.47 Å². The Morgan fingerprint density at radius 3 is 3.00 bits per heavy atom. The van der Waals surface area contributed by atoms with E-state index >= 15 is 0 Å². The lowest BCUT2D eigenvalue weighted by molar-refractivity contribution is 0.0996. The number of hydrazine groups is 1. The first kappa shape index (κ1) is 13.0. The number of anilines is 1. The summed E-state index contributed by atoms with van der Waals surface area (Å²) in [4.78, 5) is 9.27. The van der Waals surface area contributed by atoms with Gasteiger partial charge >= 0.3 is 0 Å². The van der Waals surface area contributed by atoms with E-state index in [0.717, 1.165) is 23.2 Å². The Morgan fingerprint density at radius 2 is 2.22 bits per heavy atom. The molecule has 2 rings (SSSR count). The predicted molar refractivity (Wildman–Crippen MR) is 71.8 cm³/mol. The van der Waals surface area contributed by atoms with E-state index in [-0.39, 0.29) is 0 Å². The van der Waals surface area contributed by atoms with Crippen LogP contribution in [-0.4, -0.2) is 29.8 Å². The van der Waals surface area contributed by atoms with E-state index in [2.05, 4.69) is 22.3 Å². The van der Waals surface area contributed by atoms with Gasteiger partial charge in [-0.1, -0.05) is 6.92 Å². The molecule has 18 heavy (non-hydrogen) atoms. The molecule has 2 aromatic rings. The molecule has 0 fully saturated rings. The van der Waals surface area contributed by atoms with Crippen LogP contribution >= 0.6 is 11.3 Å². The fourth-order valence-corrected chi connectivity index (χ4v) is 2.20. The van der Waals surface area contributed by atoms with E-state index in [1.807, 2.05) is 11.4 Å². The Hall–Kier alpha value is -1.44. The van der Waals surface area contributed by atoms with Crippen molar-refractivity contribution in [2.24, 2.45) is 5.84 Å². The summed E-state index contributed by atoms with van der Waals surface area (Å²) < 4.78 is 11.0. The van der Waals surface area contributed by atoms with Gasteiger partial charge in [0.15, 0.2) is 0 Å². The van der Waals surface area contributed by atoms with Gasteiger partial charge in [-0.05, 0) is 17.9 Å². The Bertz CT molecular complexity index is 503. The number of nitrogen functional groups attached to an aromatic ring is 1. The molecule has 2 heterocycles. The molecule has 0 atom stereocenters. The van der Waals surface area contributed by atoms with Crippen LogP contribution < -0.4 is 16.0 Å². The van der Waals surface area contributed by atoms with E-state index < -0.39 is 0 Å². The van der Waals surface area contributed by atoms with Crippen LogP contribution in [0.1, 0.15) is 13.3 Å². The van der Waals surface area contributed by atoms with Gasteiger partial charge in [-0.2, -0.15) is 4.98 Å². The minimum absolute atomic E-state index is 0.356. The van der Waals surface area contributed by atoms with E-state index in [0.29, 0.717) is 25.0 Å². The standard InChI is InChI=1S/C11H16N4O2S/c1-2-4-16-5-6-17-9-8-3-7-18-10(8)14-11(13-9)15-12/h3,7H,2,4-6,12H2,1H3,(H,13,14,15). The van der Waals surface area contributed by atoms with Crippen molar-refractivity contribution >= 4 is 27.5 Å². The zero-order valence-corrected chi connectivity index (χ0v) is 11.0. The molecule has 7 heteroatoms. The van der Waals surface area contributed by atoms with Crippen molar-refractivity contribution in [3.8, 4) is 5.88 Å². The third-order valence-electron chi connectivity index (χ3n) is 2.23. The lowest BCUT2D eigenvalue weighted by Crippen LogP contribution is -2.12. The monoisotopic (exact) mass is 268 g/mol. The van der Waals surface area contributed by atoms with Crippen molar-refractivity contribution in [1.29, 1.82) is 0 Å². The molecule has 6 nitrogen and oxygen atoms in total. The van der Waals surface area contributed by atoms with Crippen LogP contribution in [0.2, 0.25) is 0 Å². The second kappa shape index (κ2) is 6.48. The van der Waals surface area contributed by atoms with Gasteiger partial charge in [0.25, 0.3) is 0 Å². The second-order valence-corrected chi connectivity index (χ2v) is 4.49. The van der Waals surface area contributed by atoms with Gasteiger partial charge in [0.05, 0.1) is 12.0 Å². The third-order valence-corrected chi connectivity index (χ3v) is 3.04. The molecule has 0 amide bonds. The third kappa shape index (κ3) is 3.06. The van der Waals surface area contributed by atoms with Crippen LogP contribution in [0.4, 0.5) is 5.95 Å². The summed E-state index contributed by atoms with van der Waals surface area (Å²) in [5, 5.41) is 2.84. The van der Waals surface area contributed by atoms with Crippen molar-refractivity contribution < 1.29 is 9.47 Å². The molecular formula is C11H16N4O2S. The number of hydrogen-bond acceptors (Lipinski definition) is 7. The van der Waals surface area contributed by atoms with Crippen LogP contribution in [-0.2, 0) is 4.74 Å². The number of nitrogens with zero attached hydrogens (tertiary/aromatic N) is 2. The normalized spacial score (nSPS) is 10.8. The van der Waals surface area contributed by atoms with Crippen molar-refractivity contribution in [3.05, 3.63) is 11.4 Å². The summed E-state index contributed by atoms with van der Waals surface area (Å²) in [7, 11) is 0. The van der Waals surface area contributed by atoms with Gasteiger partial charge in [-0.25, -0.2) is 10.8 Å². The van der Waals surface area contributed by atoms with Crippen LogP contribution in [0.15, 0.2) is 11.4 Å². The molecule has 0 saturated heterocycles. The maximum atomic E-state index is 5.60. The van der Waals surface area contributed by atoms with Crippen LogP contribution in [0.25, 0.3) is 10.2 Å². The number of nitrogens with two attached hydrogens (primary N) is 1. The molecule has 0 aromatic carbocycles. The Balaban J connectivity index is 2.04. The van der Waals surface area contributed by atoms with Crippen molar-refractivity contribution in [2.75, 3.05) is 25.2 Å². The Morgan fingerprint density at radius 1 is 1.33 bits per heavy atom. The topological polar surface area (TPSA) is 82.3 Å². The molecule has 98 valence electrons. The number of hydrogen-bond donors (Lipinski definition) is 2. The number of aromatic nitrogens is 2. The lowest BCUT2D eigenvalue weighted by Gasteiger charge is -2.08. The molecule has 0 aliphatic rings. The Labute approximate surface area is 109 Å². The fourth-order valence-electron chi connectivity index (χ4n) is 1.45. The van der Waals surface area contributed by atoms with E-state index in [9.17, 15) is 0 Å². The van der Waals surface area contributed by atoms with Crippen molar-refractivity contribution in [2.45, 2.75) is 13.3 Å². The maximum absolute atomic E-state index is 5.60. The largest absolute Gasteiger partial charge is 0.475 e. The first-order valence-corrected chi connectivity index (χ1v) is 6.65. The molecule has 2 aromatic heterocycles. The molecule has 0 aliphatic heterocycles. The smallest absolute Gasteiger partial charge is 0.241 e. The first-order chi connectivity index (χ1) is 8.85. The quantitative estimate of drug-likeness (QED) is 0.452. The van der Waals surface area contributed by atoms with Crippen molar-refractivity contribution in [3.63, 3.8) is 0 Å². The van der Waals surface area contributed by atoms with Crippen LogP contribution in [0, 0.1) is 0 Å². The molecule has 0 aliphatic carbocycles. The molecule has 0 radical (unpaired) electrons. The average Bonchev–Trinajstić information content (AvgIpc) is 2.86. The number of nitrogens with one attached hydrogen (secondary N) is 1. The van der Waals surface area contributed by atoms with Gasteiger partial charge in [-0.15, -0.1) is 11.3 Å². The number of fused-ring (bicyclic) bond motifs is 1. The van der Waals surface area contributed by atoms with Crippen LogP contribution in [0.5, 0.6) is 5.88 Å². The minimum Gasteiger partial charge on any atom is -0.475 e. The summed E-state index contributed by atoms with van der Waals surface area (Å²) in [6.45, 7) is 3.83. The summed E-state index contributed by atoms with van der Waals surface area (Å²) in [6, 6.07) is 1.93. The summed E-state index contributed by atoms with van der Waals surface area (Å²) >= 11 is 1.52. The zero-order valence-electron chi connectivity index (χ0n) is 10.2. The maximum Gasteiger partial charge on any atom is 0.241 e. The highest BCUT2D eigenvalue weighted by Gasteiger charge is 2.09. The fraction of sp³-hybridized carbons (Fsp3) is 0.455. The first-order valence-electron chi connectivity index (χ1n) is 5.77. The van der Waals surface area contributed by atoms with Gasteiger partial charge in [0.2, 0.25) is 11.8 Å².